The Balaban J connectivity index is 1.84. The molecule has 0 spiro atoms. The third-order valence-corrected chi connectivity index (χ3v) is 3.81. The second kappa shape index (κ2) is 7.10. The summed E-state index contributed by atoms with van der Waals surface area (Å²) >= 11 is 5.89. The minimum absolute atomic E-state index is 0.139. The van der Waals surface area contributed by atoms with Gasteiger partial charge in [-0.05, 0) is 29.7 Å². The summed E-state index contributed by atoms with van der Waals surface area (Å²) in [6.45, 7) is 0. The van der Waals surface area contributed by atoms with Gasteiger partial charge in [-0.15, -0.1) is 0 Å². The zero-order chi connectivity index (χ0) is 16.9. The molecule has 0 atom stereocenters. The molecule has 0 fully saturated rings. The van der Waals surface area contributed by atoms with E-state index in [0.29, 0.717) is 0 Å². The number of nitrogens with zero attached hydrogens (tertiary/aromatic N) is 2. The maximum Gasteiger partial charge on any atom is 0.274 e. The summed E-state index contributed by atoms with van der Waals surface area (Å²) in [7, 11) is 1.63. The van der Waals surface area contributed by atoms with Gasteiger partial charge >= 0.3 is 0 Å². The van der Waals surface area contributed by atoms with E-state index in [9.17, 15) is 4.79 Å². The highest BCUT2D eigenvalue weighted by Crippen LogP contribution is 2.27. The highest BCUT2D eigenvalue weighted by molar-refractivity contribution is 6.32. The first kappa shape index (κ1) is 16.0. The van der Waals surface area contributed by atoms with Gasteiger partial charge in [0.15, 0.2) is 0 Å². The lowest BCUT2D eigenvalue weighted by molar-refractivity contribution is 0.0955. The molecule has 0 aliphatic carbocycles. The summed E-state index contributed by atoms with van der Waals surface area (Å²) in [5.74, 6) is 0.371. The van der Waals surface area contributed by atoms with Crippen molar-refractivity contribution < 1.29 is 9.53 Å². The van der Waals surface area contributed by atoms with Crippen LogP contribution in [0.1, 0.15) is 15.9 Å². The van der Waals surface area contributed by atoms with E-state index in [1.165, 1.54) is 6.20 Å². The monoisotopic (exact) mass is 339 g/mol. The minimum Gasteiger partial charge on any atom is -0.496 e. The van der Waals surface area contributed by atoms with Gasteiger partial charge in [0, 0.05) is 17.1 Å². The second-order valence-electron chi connectivity index (χ2n) is 4.94. The van der Waals surface area contributed by atoms with E-state index in [-0.39, 0.29) is 10.7 Å². The van der Waals surface area contributed by atoms with Crippen LogP contribution < -0.4 is 10.2 Å². The van der Waals surface area contributed by atoms with Crippen molar-refractivity contribution in [3.8, 4) is 5.75 Å². The standard InChI is InChI=1S/C18H14ClN3O2/c1-24-16-9-8-12(13-5-2-3-6-14(13)16)11-21-22-18(23)15-7-4-10-20-17(15)19/h2-11H,1H3,(H,22,23). The molecule has 3 rings (SSSR count). The fourth-order valence-electron chi connectivity index (χ4n) is 2.36. The fraction of sp³-hybridized carbons (Fsp3) is 0.0556. The van der Waals surface area contributed by atoms with Crippen molar-refractivity contribution in [1.82, 2.24) is 10.4 Å². The van der Waals surface area contributed by atoms with Gasteiger partial charge in [-0.1, -0.05) is 35.9 Å². The lowest BCUT2D eigenvalue weighted by Gasteiger charge is -2.07. The lowest BCUT2D eigenvalue weighted by atomic mass is 10.0. The number of hydrazone groups is 1. The van der Waals surface area contributed by atoms with Crippen molar-refractivity contribution >= 4 is 34.5 Å². The zero-order valence-electron chi connectivity index (χ0n) is 12.9. The van der Waals surface area contributed by atoms with Crippen LogP contribution in [0.2, 0.25) is 5.15 Å². The van der Waals surface area contributed by atoms with Crippen LogP contribution in [-0.2, 0) is 0 Å². The van der Waals surface area contributed by atoms with Gasteiger partial charge in [0.2, 0.25) is 0 Å². The maximum atomic E-state index is 12.1. The average molecular weight is 340 g/mol. The van der Waals surface area contributed by atoms with Crippen molar-refractivity contribution in [2.75, 3.05) is 7.11 Å². The van der Waals surface area contributed by atoms with Crippen LogP contribution >= 0.6 is 11.6 Å². The van der Waals surface area contributed by atoms with Crippen molar-refractivity contribution in [2.24, 2.45) is 5.10 Å². The van der Waals surface area contributed by atoms with E-state index < -0.39 is 5.91 Å². The van der Waals surface area contributed by atoms with Gasteiger partial charge in [0.25, 0.3) is 5.91 Å². The summed E-state index contributed by atoms with van der Waals surface area (Å²) in [6, 6.07) is 14.8. The van der Waals surface area contributed by atoms with E-state index in [1.807, 2.05) is 36.4 Å². The summed E-state index contributed by atoms with van der Waals surface area (Å²) in [4.78, 5) is 15.9. The lowest BCUT2D eigenvalue weighted by Crippen LogP contribution is -2.18. The molecule has 0 aliphatic rings. The Labute approximate surface area is 143 Å². The normalized spacial score (nSPS) is 10.9. The summed E-state index contributed by atoms with van der Waals surface area (Å²) in [5.41, 5.74) is 3.60. The Morgan fingerprint density at radius 1 is 1.17 bits per heavy atom. The van der Waals surface area contributed by atoms with E-state index in [4.69, 9.17) is 16.3 Å². The number of aromatic nitrogens is 1. The molecule has 0 bridgehead atoms. The largest absolute Gasteiger partial charge is 0.496 e. The molecule has 0 unspecified atom stereocenters. The average Bonchev–Trinajstić information content (AvgIpc) is 2.62. The van der Waals surface area contributed by atoms with Crippen molar-refractivity contribution in [3.05, 3.63) is 71.0 Å². The van der Waals surface area contributed by atoms with Crippen LogP contribution in [0.4, 0.5) is 0 Å². The van der Waals surface area contributed by atoms with Crippen LogP contribution in [0.3, 0.4) is 0 Å². The van der Waals surface area contributed by atoms with Crippen LogP contribution in [0.25, 0.3) is 10.8 Å². The molecule has 0 saturated carbocycles. The quantitative estimate of drug-likeness (QED) is 0.448. The molecule has 1 aromatic heterocycles. The number of rotatable bonds is 4. The molecule has 0 aliphatic heterocycles. The third kappa shape index (κ3) is 3.21. The van der Waals surface area contributed by atoms with Crippen molar-refractivity contribution in [2.45, 2.75) is 0 Å². The van der Waals surface area contributed by atoms with E-state index in [2.05, 4.69) is 15.5 Å². The summed E-state index contributed by atoms with van der Waals surface area (Å²) in [5, 5.41) is 6.11. The Morgan fingerprint density at radius 2 is 1.96 bits per heavy atom. The number of hydrogen-bond donors (Lipinski definition) is 1. The first-order chi connectivity index (χ1) is 11.7. The number of fused-ring (bicyclic) bond motifs is 1. The van der Waals surface area contributed by atoms with Crippen LogP contribution in [-0.4, -0.2) is 24.2 Å². The smallest absolute Gasteiger partial charge is 0.274 e. The molecule has 1 heterocycles. The van der Waals surface area contributed by atoms with Crippen LogP contribution in [0.15, 0.2) is 59.8 Å². The molecule has 120 valence electrons. The second-order valence-corrected chi connectivity index (χ2v) is 5.30. The first-order valence-electron chi connectivity index (χ1n) is 7.20. The van der Waals surface area contributed by atoms with Crippen molar-refractivity contribution in [3.63, 3.8) is 0 Å². The Hall–Kier alpha value is -2.92. The first-order valence-corrected chi connectivity index (χ1v) is 7.58. The van der Waals surface area contributed by atoms with Gasteiger partial charge in [-0.3, -0.25) is 4.79 Å². The molecule has 24 heavy (non-hydrogen) atoms. The molecular weight excluding hydrogens is 326 g/mol. The Bertz CT molecular complexity index is 925. The highest BCUT2D eigenvalue weighted by Gasteiger charge is 2.09. The molecule has 2 aromatic carbocycles. The number of amides is 1. The molecule has 1 amide bonds. The minimum atomic E-state index is -0.415. The van der Waals surface area contributed by atoms with Gasteiger partial charge < -0.3 is 4.74 Å². The maximum absolute atomic E-state index is 12.1. The van der Waals surface area contributed by atoms with E-state index in [1.54, 1.807) is 25.5 Å². The highest BCUT2D eigenvalue weighted by atomic mass is 35.5. The molecule has 0 saturated heterocycles. The number of halogens is 1. The Kier molecular flexibility index (Phi) is 4.72. The van der Waals surface area contributed by atoms with Gasteiger partial charge in [-0.25, -0.2) is 10.4 Å². The predicted octanol–water partition coefficient (Wildman–Crippen LogP) is 3.66. The zero-order valence-corrected chi connectivity index (χ0v) is 13.6. The number of carbonyl (C=O) groups is 1. The fourth-order valence-corrected chi connectivity index (χ4v) is 2.57. The van der Waals surface area contributed by atoms with E-state index in [0.717, 1.165) is 22.1 Å². The van der Waals surface area contributed by atoms with Gasteiger partial charge in [0.05, 0.1) is 18.9 Å². The number of carbonyl (C=O) groups excluding carboxylic acids is 1. The Morgan fingerprint density at radius 3 is 2.71 bits per heavy atom. The SMILES string of the molecule is COc1ccc(C=NNC(=O)c2cccnc2Cl)c2ccccc12. The van der Waals surface area contributed by atoms with Gasteiger partial charge in [0.1, 0.15) is 10.9 Å². The number of pyridine rings is 1. The topological polar surface area (TPSA) is 63.6 Å². The molecule has 5 nitrogen and oxygen atoms in total. The summed E-state index contributed by atoms with van der Waals surface area (Å²) in [6.07, 6.45) is 3.11. The number of methoxy groups -OCH3 is 1. The number of benzene rings is 2. The molecule has 3 aromatic rings. The predicted molar refractivity (Wildman–Crippen MR) is 94.8 cm³/mol. The third-order valence-electron chi connectivity index (χ3n) is 3.51. The molecule has 0 radical (unpaired) electrons. The molecule has 6 heteroatoms. The van der Waals surface area contributed by atoms with E-state index >= 15 is 0 Å². The van der Waals surface area contributed by atoms with Crippen molar-refractivity contribution in [1.29, 1.82) is 0 Å². The number of ether oxygens (including phenoxy) is 1. The molecular formula is C18H14ClN3O2. The number of nitrogens with one attached hydrogen (secondary N) is 1. The van der Waals surface area contributed by atoms with Crippen LogP contribution in [0.5, 0.6) is 5.75 Å². The summed E-state index contributed by atoms with van der Waals surface area (Å²) < 4.78 is 5.36. The van der Waals surface area contributed by atoms with Crippen LogP contribution in [0, 0.1) is 0 Å². The molecule has 1 N–H and O–H groups in total. The number of hydrogen-bond acceptors (Lipinski definition) is 4. The van der Waals surface area contributed by atoms with Gasteiger partial charge in [-0.2, -0.15) is 5.10 Å².